The number of nitrogen functional groups attached to an aromatic ring is 2. The van der Waals surface area contributed by atoms with Crippen LogP contribution in [0.15, 0.2) is 60.7 Å². The SMILES string of the molecule is COC(=O)N[C@H](C(=O)N1CC2(C[C@H]1c1nc3ccc(-c4ccc(-c5ccc(N)c(N)c5)cc4)cc3[nH]1)OCCO2)C(C)C. The number of methoxy groups -OCH3 is 1. The Morgan fingerprint density at radius 2 is 1.60 bits per heavy atom. The van der Waals surface area contributed by atoms with E-state index in [2.05, 4.69) is 40.6 Å². The van der Waals surface area contributed by atoms with Crippen molar-refractivity contribution < 1.29 is 23.8 Å². The Balaban J connectivity index is 1.29. The first kappa shape index (κ1) is 28.5. The maximum absolute atomic E-state index is 13.9. The molecule has 11 nitrogen and oxygen atoms in total. The standard InChI is InChI=1S/C32H36N6O5/c1-18(2)28(37-31(40)41-3)30(39)38-17-32(42-12-13-43-32)16-27(38)29-35-25-11-9-22(15-26(25)36-29)20-6-4-19(5-7-20)21-8-10-23(33)24(34)14-21/h4-11,14-15,18,27-28H,12-13,16-17,33-34H2,1-3H3,(H,35,36)(H,37,40)/t27-,28-/m0/s1. The molecule has 0 radical (unpaired) electrons. The molecule has 0 unspecified atom stereocenters. The van der Waals surface area contributed by atoms with Gasteiger partial charge >= 0.3 is 6.09 Å². The van der Waals surface area contributed by atoms with Gasteiger partial charge in [0.25, 0.3) is 0 Å². The van der Waals surface area contributed by atoms with Crippen molar-refractivity contribution in [1.29, 1.82) is 0 Å². The van der Waals surface area contributed by atoms with Crippen LogP contribution in [0.5, 0.6) is 0 Å². The first-order valence-electron chi connectivity index (χ1n) is 14.3. The summed E-state index contributed by atoms with van der Waals surface area (Å²) in [7, 11) is 1.28. The number of nitrogens with zero attached hydrogens (tertiary/aromatic N) is 2. The van der Waals surface area contributed by atoms with Gasteiger partial charge in [-0.1, -0.05) is 50.2 Å². The van der Waals surface area contributed by atoms with Gasteiger partial charge in [0, 0.05) is 6.42 Å². The van der Waals surface area contributed by atoms with Crippen LogP contribution in [-0.2, 0) is 19.0 Å². The van der Waals surface area contributed by atoms with Crippen molar-refractivity contribution in [3.05, 3.63) is 66.5 Å². The zero-order valence-corrected chi connectivity index (χ0v) is 24.4. The average molecular weight is 585 g/mol. The second kappa shape index (κ2) is 11.2. The number of carbonyl (C=O) groups is 2. The molecule has 0 aliphatic carbocycles. The maximum atomic E-state index is 13.9. The van der Waals surface area contributed by atoms with Crippen LogP contribution in [-0.4, -0.2) is 65.6 Å². The number of anilines is 2. The summed E-state index contributed by atoms with van der Waals surface area (Å²) in [4.78, 5) is 35.9. The van der Waals surface area contributed by atoms with E-state index in [1.807, 2.05) is 44.2 Å². The Morgan fingerprint density at radius 1 is 0.977 bits per heavy atom. The fourth-order valence-electron chi connectivity index (χ4n) is 5.88. The molecule has 0 saturated carbocycles. The molecule has 4 aromatic rings. The van der Waals surface area contributed by atoms with Gasteiger partial charge in [-0.05, 0) is 52.4 Å². The molecule has 1 spiro atoms. The van der Waals surface area contributed by atoms with E-state index in [4.69, 9.17) is 30.7 Å². The molecule has 1 aromatic heterocycles. The molecule has 3 aromatic carbocycles. The number of imidazole rings is 1. The fourth-order valence-corrected chi connectivity index (χ4v) is 5.88. The molecule has 2 aliphatic rings. The minimum atomic E-state index is -0.909. The van der Waals surface area contributed by atoms with Gasteiger partial charge < -0.3 is 40.9 Å². The van der Waals surface area contributed by atoms with Crippen molar-refractivity contribution in [2.24, 2.45) is 5.92 Å². The predicted molar refractivity (Wildman–Crippen MR) is 164 cm³/mol. The summed E-state index contributed by atoms with van der Waals surface area (Å²) in [6.07, 6.45) is -0.237. The predicted octanol–water partition coefficient (Wildman–Crippen LogP) is 4.46. The van der Waals surface area contributed by atoms with Crippen molar-refractivity contribution in [3.63, 3.8) is 0 Å². The summed E-state index contributed by atoms with van der Waals surface area (Å²) < 4.78 is 16.8. The highest BCUT2D eigenvalue weighted by atomic mass is 16.7. The molecule has 2 atom stereocenters. The number of aromatic nitrogens is 2. The van der Waals surface area contributed by atoms with E-state index in [0.29, 0.717) is 36.8 Å². The van der Waals surface area contributed by atoms with E-state index in [1.54, 1.807) is 4.90 Å². The molecule has 43 heavy (non-hydrogen) atoms. The van der Waals surface area contributed by atoms with E-state index in [-0.39, 0.29) is 18.4 Å². The molecule has 2 amide bonds. The first-order valence-corrected chi connectivity index (χ1v) is 14.3. The number of H-pyrrole nitrogens is 1. The number of hydrogen-bond donors (Lipinski definition) is 4. The van der Waals surface area contributed by atoms with Crippen molar-refractivity contribution in [2.45, 2.75) is 38.1 Å². The number of likely N-dealkylation sites (tertiary alicyclic amines) is 1. The van der Waals surface area contributed by atoms with Gasteiger partial charge in [0.2, 0.25) is 5.91 Å². The molecular weight excluding hydrogens is 548 g/mol. The van der Waals surface area contributed by atoms with Gasteiger partial charge in [-0.25, -0.2) is 9.78 Å². The lowest BCUT2D eigenvalue weighted by Gasteiger charge is -2.30. The number of rotatable bonds is 6. The van der Waals surface area contributed by atoms with E-state index in [1.165, 1.54) is 7.11 Å². The highest BCUT2D eigenvalue weighted by Gasteiger charge is 2.52. The fraction of sp³-hybridized carbons (Fsp3) is 0.344. The van der Waals surface area contributed by atoms with Gasteiger partial charge in [0.15, 0.2) is 5.79 Å². The summed E-state index contributed by atoms with van der Waals surface area (Å²) in [5.74, 6) is -0.691. The molecule has 2 aliphatic heterocycles. The van der Waals surface area contributed by atoms with E-state index in [0.717, 1.165) is 33.3 Å². The lowest BCUT2D eigenvalue weighted by molar-refractivity contribution is -0.153. The minimum Gasteiger partial charge on any atom is -0.453 e. The third kappa shape index (κ3) is 5.49. The summed E-state index contributed by atoms with van der Waals surface area (Å²) in [6, 6.07) is 18.7. The van der Waals surface area contributed by atoms with Gasteiger partial charge in [0.05, 0.1) is 55.3 Å². The number of aromatic amines is 1. The van der Waals surface area contributed by atoms with E-state index in [9.17, 15) is 9.59 Å². The molecule has 2 fully saturated rings. The second-order valence-electron chi connectivity index (χ2n) is 11.4. The number of alkyl carbamates (subject to hydrolysis) is 1. The first-order chi connectivity index (χ1) is 20.7. The molecule has 2 saturated heterocycles. The number of benzene rings is 3. The zero-order chi connectivity index (χ0) is 30.3. The number of ether oxygens (including phenoxy) is 3. The number of amides is 2. The van der Waals surface area contributed by atoms with Crippen LogP contribution in [0.1, 0.15) is 32.1 Å². The number of carbonyl (C=O) groups excluding carboxylic acids is 2. The Morgan fingerprint density at radius 3 is 2.23 bits per heavy atom. The van der Waals surface area contributed by atoms with Crippen LogP contribution in [0.4, 0.5) is 16.2 Å². The summed E-state index contributed by atoms with van der Waals surface area (Å²) in [6.45, 7) is 4.90. The molecule has 224 valence electrons. The number of nitrogens with one attached hydrogen (secondary N) is 2. The van der Waals surface area contributed by atoms with Gasteiger partial charge in [-0.15, -0.1) is 0 Å². The third-order valence-electron chi connectivity index (χ3n) is 8.23. The Labute approximate surface area is 249 Å². The average Bonchev–Trinajstić information content (AvgIpc) is 3.75. The van der Waals surface area contributed by atoms with Crippen LogP contribution in [0.3, 0.4) is 0 Å². The van der Waals surface area contributed by atoms with Gasteiger partial charge in [-0.2, -0.15) is 0 Å². The number of hydrogen-bond acceptors (Lipinski definition) is 8. The molecule has 11 heteroatoms. The van der Waals surface area contributed by atoms with Crippen LogP contribution in [0, 0.1) is 5.92 Å². The highest BCUT2D eigenvalue weighted by Crippen LogP contribution is 2.43. The number of fused-ring (bicyclic) bond motifs is 1. The monoisotopic (exact) mass is 584 g/mol. The van der Waals surface area contributed by atoms with E-state index < -0.39 is 24.0 Å². The lowest BCUT2D eigenvalue weighted by atomic mass is 9.99. The summed E-state index contributed by atoms with van der Waals surface area (Å²) >= 11 is 0. The maximum Gasteiger partial charge on any atom is 0.407 e. The van der Waals surface area contributed by atoms with Crippen molar-refractivity contribution in [3.8, 4) is 22.3 Å². The molecule has 6 N–H and O–H groups in total. The molecule has 0 bridgehead atoms. The normalized spacial score (nSPS) is 18.4. The smallest absolute Gasteiger partial charge is 0.407 e. The second-order valence-corrected chi connectivity index (χ2v) is 11.4. The Hall–Kier alpha value is -4.61. The van der Waals surface area contributed by atoms with Crippen LogP contribution in [0.25, 0.3) is 33.3 Å². The number of nitrogens with two attached hydrogens (primary N) is 2. The minimum absolute atomic E-state index is 0.170. The van der Waals surface area contributed by atoms with Crippen molar-refractivity contribution in [2.75, 3.05) is 38.3 Å². The van der Waals surface area contributed by atoms with Crippen LogP contribution >= 0.6 is 0 Å². The third-order valence-corrected chi connectivity index (χ3v) is 8.23. The van der Waals surface area contributed by atoms with E-state index >= 15 is 0 Å². The van der Waals surface area contributed by atoms with Crippen molar-refractivity contribution >= 4 is 34.4 Å². The topological polar surface area (TPSA) is 158 Å². The van der Waals surface area contributed by atoms with Gasteiger partial charge in [0.1, 0.15) is 11.9 Å². The quantitative estimate of drug-likeness (QED) is 0.242. The largest absolute Gasteiger partial charge is 0.453 e. The van der Waals surface area contributed by atoms with Crippen LogP contribution in [0.2, 0.25) is 0 Å². The van der Waals surface area contributed by atoms with Gasteiger partial charge in [-0.3, -0.25) is 4.79 Å². The zero-order valence-electron chi connectivity index (χ0n) is 24.4. The summed E-state index contributed by atoms with van der Waals surface area (Å²) in [5.41, 5.74) is 18.7. The molecular formula is C32H36N6O5. The lowest BCUT2D eigenvalue weighted by Crippen LogP contribution is -2.52. The Bertz CT molecular complexity index is 1660. The van der Waals surface area contributed by atoms with Crippen LogP contribution < -0.4 is 16.8 Å². The molecule has 3 heterocycles. The summed E-state index contributed by atoms with van der Waals surface area (Å²) in [5, 5.41) is 2.69. The van der Waals surface area contributed by atoms with Crippen molar-refractivity contribution in [1.82, 2.24) is 20.2 Å². The molecule has 6 rings (SSSR count). The highest BCUT2D eigenvalue weighted by molar-refractivity contribution is 5.87. The Kier molecular flexibility index (Phi) is 7.45.